The molecule has 0 spiro atoms. The summed E-state index contributed by atoms with van der Waals surface area (Å²) in [4.78, 5) is 14.7. The van der Waals surface area contributed by atoms with Crippen molar-refractivity contribution < 1.29 is 9.90 Å². The Morgan fingerprint density at radius 3 is 3.00 bits per heavy atom. The van der Waals surface area contributed by atoms with E-state index < -0.39 is 0 Å². The summed E-state index contributed by atoms with van der Waals surface area (Å²) in [6.45, 7) is 0. The third-order valence-corrected chi connectivity index (χ3v) is 2.47. The number of nitrogens with one attached hydrogen (secondary N) is 2. The van der Waals surface area contributed by atoms with Crippen LogP contribution < -0.4 is 10.6 Å². The molecule has 1 unspecified atom stereocenters. The molecule has 1 aliphatic heterocycles. The van der Waals surface area contributed by atoms with Gasteiger partial charge >= 0.3 is 0 Å². The number of aliphatic imine (C=N–C) groups is 1. The van der Waals surface area contributed by atoms with Crippen molar-refractivity contribution >= 4 is 12.1 Å². The Hall–Kier alpha value is -0.940. The van der Waals surface area contributed by atoms with Crippen LogP contribution >= 0.6 is 0 Å². The molecule has 0 radical (unpaired) electrons. The number of hydrogen-bond donors (Lipinski definition) is 3. The number of rotatable bonds is 2. The summed E-state index contributed by atoms with van der Waals surface area (Å²) in [6, 6.07) is 0.0700. The van der Waals surface area contributed by atoms with Crippen molar-refractivity contribution in [2.24, 2.45) is 4.99 Å². The van der Waals surface area contributed by atoms with Crippen LogP contribution in [0.4, 0.5) is 0 Å². The lowest BCUT2D eigenvalue weighted by Gasteiger charge is -2.19. The van der Waals surface area contributed by atoms with Gasteiger partial charge in [0.25, 0.3) is 5.91 Å². The molecule has 1 saturated carbocycles. The Morgan fingerprint density at radius 1 is 1.62 bits per heavy atom. The molecule has 2 rings (SSSR count). The van der Waals surface area contributed by atoms with Crippen LogP contribution in [0.1, 0.15) is 19.3 Å². The molecule has 2 aliphatic rings. The third-order valence-electron chi connectivity index (χ3n) is 2.47. The molecule has 13 heavy (non-hydrogen) atoms. The van der Waals surface area contributed by atoms with E-state index in [0.29, 0.717) is 0 Å². The maximum absolute atomic E-state index is 10.7. The number of hydrogen-bond acceptors (Lipinski definition) is 4. The number of nitrogens with zero attached hydrogens (tertiary/aromatic N) is 1. The van der Waals surface area contributed by atoms with Gasteiger partial charge in [-0.05, 0) is 19.3 Å². The van der Waals surface area contributed by atoms with Gasteiger partial charge in [-0.25, -0.2) is 4.99 Å². The average molecular weight is 183 g/mol. The van der Waals surface area contributed by atoms with E-state index in [1.54, 1.807) is 0 Å². The van der Waals surface area contributed by atoms with E-state index in [0.717, 1.165) is 19.3 Å². The summed E-state index contributed by atoms with van der Waals surface area (Å²) < 4.78 is 0. The maximum Gasteiger partial charge on any atom is 0.264 e. The zero-order chi connectivity index (χ0) is 9.26. The first-order valence-electron chi connectivity index (χ1n) is 4.53. The van der Waals surface area contributed by atoms with Gasteiger partial charge < -0.3 is 10.4 Å². The summed E-state index contributed by atoms with van der Waals surface area (Å²) >= 11 is 0. The SMILES string of the molecule is O=C1C=NC(N[C@@H]2CCC[C@@H]2O)N1. The standard InChI is InChI=1S/C8H13N3O2/c12-6-3-1-2-5(6)10-8-9-4-7(13)11-8/h4-6,8,10,12H,1-3H2,(H,11,13)/t5-,6+,8?/m1/s1. The van der Waals surface area contributed by atoms with Gasteiger partial charge in [0.1, 0.15) is 0 Å². The molecule has 0 saturated heterocycles. The predicted octanol–water partition coefficient (Wildman–Crippen LogP) is -1.03. The summed E-state index contributed by atoms with van der Waals surface area (Å²) in [5.74, 6) is -0.176. The Labute approximate surface area is 76.2 Å². The minimum Gasteiger partial charge on any atom is -0.392 e. The number of carbonyl (C=O) groups is 1. The predicted molar refractivity (Wildman–Crippen MR) is 47.2 cm³/mol. The van der Waals surface area contributed by atoms with E-state index in [1.807, 2.05) is 0 Å². The zero-order valence-corrected chi connectivity index (χ0v) is 7.23. The van der Waals surface area contributed by atoms with Crippen molar-refractivity contribution in [3.05, 3.63) is 0 Å². The number of aliphatic hydroxyl groups is 1. The molecule has 1 heterocycles. The molecule has 1 fully saturated rings. The number of aliphatic hydroxyl groups excluding tert-OH is 1. The van der Waals surface area contributed by atoms with Gasteiger partial charge in [-0.2, -0.15) is 0 Å². The molecule has 5 heteroatoms. The van der Waals surface area contributed by atoms with Crippen molar-refractivity contribution in [3.8, 4) is 0 Å². The van der Waals surface area contributed by atoms with Crippen molar-refractivity contribution in [1.82, 2.24) is 10.6 Å². The smallest absolute Gasteiger partial charge is 0.264 e. The molecular formula is C8H13N3O2. The van der Waals surface area contributed by atoms with Gasteiger partial charge in [0, 0.05) is 6.04 Å². The topological polar surface area (TPSA) is 73.7 Å². The van der Waals surface area contributed by atoms with Crippen LogP contribution in [0.25, 0.3) is 0 Å². The van der Waals surface area contributed by atoms with Crippen LogP contribution in [-0.2, 0) is 4.79 Å². The lowest BCUT2D eigenvalue weighted by molar-refractivity contribution is -0.114. The molecule has 0 aromatic heterocycles. The molecule has 72 valence electrons. The fourth-order valence-corrected chi connectivity index (χ4v) is 1.77. The Bertz CT molecular complexity index is 242. The van der Waals surface area contributed by atoms with Crippen LogP contribution in [0.3, 0.4) is 0 Å². The van der Waals surface area contributed by atoms with E-state index in [1.165, 1.54) is 6.21 Å². The molecule has 0 bridgehead atoms. The van der Waals surface area contributed by atoms with Crippen molar-refractivity contribution in [2.45, 2.75) is 37.7 Å². The molecule has 5 nitrogen and oxygen atoms in total. The minimum absolute atomic E-state index is 0.0700. The fourth-order valence-electron chi connectivity index (χ4n) is 1.77. The highest BCUT2D eigenvalue weighted by Gasteiger charge is 2.28. The Kier molecular flexibility index (Phi) is 2.28. The molecule has 0 aromatic carbocycles. The fraction of sp³-hybridized carbons (Fsp3) is 0.750. The molecule has 1 amide bonds. The van der Waals surface area contributed by atoms with Crippen molar-refractivity contribution in [1.29, 1.82) is 0 Å². The van der Waals surface area contributed by atoms with E-state index >= 15 is 0 Å². The zero-order valence-electron chi connectivity index (χ0n) is 7.23. The summed E-state index contributed by atoms with van der Waals surface area (Å²) in [7, 11) is 0. The van der Waals surface area contributed by atoms with Crippen molar-refractivity contribution in [3.63, 3.8) is 0 Å². The highest BCUT2D eigenvalue weighted by atomic mass is 16.3. The lowest BCUT2D eigenvalue weighted by Crippen LogP contribution is -2.47. The lowest BCUT2D eigenvalue weighted by atomic mass is 10.2. The molecular weight excluding hydrogens is 170 g/mol. The van der Waals surface area contributed by atoms with Crippen LogP contribution in [0.15, 0.2) is 4.99 Å². The molecule has 3 N–H and O–H groups in total. The first-order valence-corrected chi connectivity index (χ1v) is 4.53. The summed E-state index contributed by atoms with van der Waals surface area (Å²) in [5, 5.41) is 15.2. The normalized spacial score (nSPS) is 38.2. The maximum atomic E-state index is 10.7. The highest BCUT2D eigenvalue weighted by Crippen LogP contribution is 2.19. The summed E-state index contributed by atoms with van der Waals surface area (Å²) in [6.07, 6.45) is 3.44. The van der Waals surface area contributed by atoms with Crippen molar-refractivity contribution in [2.75, 3.05) is 0 Å². The Morgan fingerprint density at radius 2 is 2.46 bits per heavy atom. The number of amides is 1. The van der Waals surface area contributed by atoms with E-state index in [9.17, 15) is 9.90 Å². The van der Waals surface area contributed by atoms with Gasteiger partial charge in [-0.3, -0.25) is 10.1 Å². The second-order valence-corrected chi connectivity index (χ2v) is 3.46. The quantitative estimate of drug-likeness (QED) is 0.512. The largest absolute Gasteiger partial charge is 0.392 e. The molecule has 0 aromatic rings. The van der Waals surface area contributed by atoms with Crippen LogP contribution in [-0.4, -0.2) is 35.7 Å². The van der Waals surface area contributed by atoms with Crippen LogP contribution in [0, 0.1) is 0 Å². The van der Waals surface area contributed by atoms with E-state index in [4.69, 9.17) is 0 Å². The summed E-state index contributed by atoms with van der Waals surface area (Å²) in [5.41, 5.74) is 0. The minimum atomic E-state index is -0.342. The first kappa shape index (κ1) is 8.65. The van der Waals surface area contributed by atoms with Gasteiger partial charge in [0.15, 0.2) is 6.29 Å². The average Bonchev–Trinajstić information content (AvgIpc) is 2.64. The van der Waals surface area contributed by atoms with Gasteiger partial charge in [-0.1, -0.05) is 0 Å². The van der Waals surface area contributed by atoms with Gasteiger partial charge in [-0.15, -0.1) is 0 Å². The number of carbonyl (C=O) groups excluding carboxylic acids is 1. The monoisotopic (exact) mass is 183 g/mol. The second kappa shape index (κ2) is 3.43. The van der Waals surface area contributed by atoms with Crippen LogP contribution in [0.2, 0.25) is 0 Å². The molecule has 3 atom stereocenters. The first-order chi connectivity index (χ1) is 6.25. The highest BCUT2D eigenvalue weighted by molar-refractivity contribution is 6.27. The van der Waals surface area contributed by atoms with E-state index in [2.05, 4.69) is 15.6 Å². The van der Waals surface area contributed by atoms with Gasteiger partial charge in [0.05, 0.1) is 12.3 Å². The molecule has 1 aliphatic carbocycles. The van der Waals surface area contributed by atoms with Gasteiger partial charge in [0.2, 0.25) is 0 Å². The second-order valence-electron chi connectivity index (χ2n) is 3.46. The Balaban J connectivity index is 1.84. The van der Waals surface area contributed by atoms with Crippen LogP contribution in [0.5, 0.6) is 0 Å². The third kappa shape index (κ3) is 1.87. The van der Waals surface area contributed by atoms with E-state index in [-0.39, 0.29) is 24.3 Å².